The van der Waals surface area contributed by atoms with Crippen molar-refractivity contribution in [1.29, 1.82) is 0 Å². The molecule has 180 valence electrons. The van der Waals surface area contributed by atoms with Crippen molar-refractivity contribution in [2.45, 2.75) is 38.5 Å². The summed E-state index contributed by atoms with van der Waals surface area (Å²) >= 11 is 0. The SMILES string of the molecule is CC1(C)c2cccc3c2B2c4c(ccc(-c5ccccc5)c4C3(C)C)-n3c4ccccc4c4ccc1c2c43. The summed E-state index contributed by atoms with van der Waals surface area (Å²) in [5.41, 5.74) is 17.1. The van der Waals surface area contributed by atoms with Gasteiger partial charge >= 0.3 is 0 Å². The zero-order valence-electron chi connectivity index (χ0n) is 22.3. The highest BCUT2D eigenvalue weighted by Gasteiger charge is 2.52. The van der Waals surface area contributed by atoms with Crippen molar-refractivity contribution in [2.24, 2.45) is 0 Å². The number of hydrogen-bond acceptors (Lipinski definition) is 0. The van der Waals surface area contributed by atoms with E-state index in [2.05, 4.69) is 129 Å². The Morgan fingerprint density at radius 1 is 0.553 bits per heavy atom. The molecule has 3 aliphatic heterocycles. The third-order valence-corrected chi connectivity index (χ3v) is 10.0. The first-order valence-electron chi connectivity index (χ1n) is 13.8. The van der Waals surface area contributed by atoms with Crippen LogP contribution in [0.1, 0.15) is 49.9 Å². The van der Waals surface area contributed by atoms with Gasteiger partial charge in [-0.15, -0.1) is 0 Å². The van der Waals surface area contributed by atoms with Gasteiger partial charge in [0.05, 0.1) is 5.52 Å². The van der Waals surface area contributed by atoms with Gasteiger partial charge in [0.2, 0.25) is 6.71 Å². The van der Waals surface area contributed by atoms with E-state index in [1.54, 1.807) is 5.46 Å². The zero-order chi connectivity index (χ0) is 25.6. The quantitative estimate of drug-likeness (QED) is 0.232. The maximum absolute atomic E-state index is 2.60. The minimum absolute atomic E-state index is 0.0607. The van der Waals surface area contributed by atoms with Gasteiger partial charge in [0.25, 0.3) is 0 Å². The van der Waals surface area contributed by atoms with Gasteiger partial charge in [0.1, 0.15) is 0 Å². The van der Waals surface area contributed by atoms with Gasteiger partial charge in [-0.2, -0.15) is 0 Å². The van der Waals surface area contributed by atoms with Crippen LogP contribution in [-0.2, 0) is 10.8 Å². The van der Waals surface area contributed by atoms with Gasteiger partial charge in [-0.3, -0.25) is 0 Å². The molecule has 2 heteroatoms. The molecule has 4 heterocycles. The van der Waals surface area contributed by atoms with Crippen molar-refractivity contribution in [1.82, 2.24) is 4.57 Å². The summed E-state index contributed by atoms with van der Waals surface area (Å²) in [7, 11) is 0. The lowest BCUT2D eigenvalue weighted by atomic mass is 9.26. The molecule has 0 radical (unpaired) electrons. The highest BCUT2D eigenvalue weighted by atomic mass is 15.0. The van der Waals surface area contributed by atoms with E-state index < -0.39 is 0 Å². The molecular weight excluding hydrogens is 457 g/mol. The Morgan fingerprint density at radius 2 is 1.26 bits per heavy atom. The number of para-hydroxylation sites is 1. The molecule has 1 nitrogen and oxygen atoms in total. The number of rotatable bonds is 1. The smallest absolute Gasteiger partial charge is 0.248 e. The number of hydrogen-bond donors (Lipinski definition) is 0. The van der Waals surface area contributed by atoms with E-state index in [1.807, 2.05) is 0 Å². The van der Waals surface area contributed by atoms with E-state index in [1.165, 1.54) is 71.8 Å². The highest BCUT2D eigenvalue weighted by Crippen LogP contribution is 2.47. The molecule has 5 aromatic carbocycles. The second-order valence-corrected chi connectivity index (χ2v) is 12.5. The van der Waals surface area contributed by atoms with E-state index in [-0.39, 0.29) is 17.5 Å². The first kappa shape index (κ1) is 21.0. The fourth-order valence-corrected chi connectivity index (χ4v) is 8.48. The maximum atomic E-state index is 2.60. The summed E-state index contributed by atoms with van der Waals surface area (Å²) in [5, 5.41) is 2.72. The molecule has 0 bridgehead atoms. The summed E-state index contributed by atoms with van der Waals surface area (Å²) in [6.45, 7) is 10.0. The van der Waals surface area contributed by atoms with Gasteiger partial charge in [-0.25, -0.2) is 0 Å². The van der Waals surface area contributed by atoms with Gasteiger partial charge in [0.15, 0.2) is 0 Å². The van der Waals surface area contributed by atoms with E-state index >= 15 is 0 Å². The van der Waals surface area contributed by atoms with Crippen LogP contribution < -0.4 is 16.4 Å². The first-order chi connectivity index (χ1) is 18.4. The van der Waals surface area contributed by atoms with Crippen LogP contribution in [0.5, 0.6) is 0 Å². The van der Waals surface area contributed by atoms with Crippen molar-refractivity contribution in [3.05, 3.63) is 119 Å². The predicted octanol–water partition coefficient (Wildman–Crippen LogP) is 6.56. The molecule has 38 heavy (non-hydrogen) atoms. The summed E-state index contributed by atoms with van der Waals surface area (Å²) in [6.07, 6.45) is 0. The molecule has 0 aliphatic carbocycles. The van der Waals surface area contributed by atoms with Gasteiger partial charge in [-0.1, -0.05) is 118 Å². The van der Waals surface area contributed by atoms with Crippen LogP contribution >= 0.6 is 0 Å². The average Bonchev–Trinajstić information content (AvgIpc) is 3.27. The van der Waals surface area contributed by atoms with Crippen LogP contribution in [-0.4, -0.2) is 11.3 Å². The minimum Gasteiger partial charge on any atom is -0.310 e. The van der Waals surface area contributed by atoms with E-state index in [0.717, 1.165) is 0 Å². The van der Waals surface area contributed by atoms with Crippen molar-refractivity contribution >= 4 is 44.9 Å². The normalized spacial score (nSPS) is 16.8. The Kier molecular flexibility index (Phi) is 3.59. The molecule has 9 rings (SSSR count). The molecule has 0 atom stereocenters. The van der Waals surface area contributed by atoms with Crippen molar-refractivity contribution in [3.8, 4) is 16.8 Å². The molecule has 0 saturated heterocycles. The highest BCUT2D eigenvalue weighted by molar-refractivity contribution is 7.00. The lowest BCUT2D eigenvalue weighted by molar-refractivity contribution is 0.622. The largest absolute Gasteiger partial charge is 0.310 e. The molecule has 3 aliphatic rings. The third kappa shape index (κ3) is 2.17. The monoisotopic (exact) mass is 485 g/mol. The van der Waals surface area contributed by atoms with Crippen LogP contribution in [0.3, 0.4) is 0 Å². The summed E-state index contributed by atoms with van der Waals surface area (Å²) < 4.78 is 2.60. The molecule has 0 N–H and O–H groups in total. The van der Waals surface area contributed by atoms with Crippen molar-refractivity contribution in [3.63, 3.8) is 0 Å². The maximum Gasteiger partial charge on any atom is 0.248 e. The Hall–Kier alpha value is -4.04. The van der Waals surface area contributed by atoms with Crippen LogP contribution in [0.25, 0.3) is 38.6 Å². The Labute approximate surface area is 223 Å². The van der Waals surface area contributed by atoms with Crippen LogP contribution in [0, 0.1) is 0 Å². The van der Waals surface area contributed by atoms with Crippen molar-refractivity contribution < 1.29 is 0 Å². The molecule has 6 aromatic rings. The second-order valence-electron chi connectivity index (χ2n) is 12.5. The molecule has 1 aromatic heterocycles. The number of benzene rings is 5. The van der Waals surface area contributed by atoms with E-state index in [4.69, 9.17) is 0 Å². The molecule has 0 spiro atoms. The van der Waals surface area contributed by atoms with E-state index in [0.29, 0.717) is 0 Å². The predicted molar refractivity (Wildman–Crippen MR) is 162 cm³/mol. The number of fused-ring (bicyclic) bond motifs is 4. The third-order valence-electron chi connectivity index (χ3n) is 10.0. The topological polar surface area (TPSA) is 4.93 Å². The standard InChI is InChI=1S/C36H28BN/c1-35(2)25-14-10-15-26-31(25)37-32-27(35)19-17-24-23-13-8-9-16-28(23)38(34(24)32)29-20-18-22(21-11-6-5-7-12-21)30(33(29)37)36(26,3)4/h5-20H,1-4H3. The lowest BCUT2D eigenvalue weighted by Crippen LogP contribution is -2.68. The van der Waals surface area contributed by atoms with Gasteiger partial charge < -0.3 is 4.57 Å². The van der Waals surface area contributed by atoms with Crippen LogP contribution in [0.15, 0.2) is 97.1 Å². The molecule has 0 fully saturated rings. The molecular formula is C36H28BN. The Balaban J connectivity index is 1.58. The average molecular weight is 485 g/mol. The molecule has 0 saturated carbocycles. The summed E-state index contributed by atoms with van der Waals surface area (Å²) in [5.74, 6) is 0. The fraction of sp³-hybridized carbons (Fsp3) is 0.167. The van der Waals surface area contributed by atoms with Crippen LogP contribution in [0.2, 0.25) is 0 Å². The molecule has 0 amide bonds. The number of aromatic nitrogens is 1. The fourth-order valence-electron chi connectivity index (χ4n) is 8.48. The zero-order valence-corrected chi connectivity index (χ0v) is 22.3. The Morgan fingerprint density at radius 3 is 2.08 bits per heavy atom. The minimum atomic E-state index is -0.125. The lowest BCUT2D eigenvalue weighted by Gasteiger charge is -2.49. The molecule has 0 unspecified atom stereocenters. The first-order valence-corrected chi connectivity index (χ1v) is 13.8. The summed E-state index contributed by atoms with van der Waals surface area (Å²) in [6, 6.07) is 36.7. The second kappa shape index (κ2) is 6.50. The number of nitrogens with zero attached hydrogens (tertiary/aromatic N) is 1. The van der Waals surface area contributed by atoms with Gasteiger partial charge in [0, 0.05) is 32.8 Å². The van der Waals surface area contributed by atoms with Gasteiger partial charge in [-0.05, 0) is 56.4 Å². The summed E-state index contributed by atoms with van der Waals surface area (Å²) in [4.78, 5) is 0. The van der Waals surface area contributed by atoms with Crippen molar-refractivity contribution in [2.75, 3.05) is 0 Å². The Bertz CT molecular complexity index is 2020. The van der Waals surface area contributed by atoms with E-state index in [9.17, 15) is 0 Å². The van der Waals surface area contributed by atoms with Crippen LogP contribution in [0.4, 0.5) is 0 Å².